The number of rotatable bonds is 11. The van der Waals surface area contributed by atoms with Gasteiger partial charge in [-0.1, -0.05) is 43.0 Å². The van der Waals surface area contributed by atoms with E-state index in [1.807, 2.05) is 48.5 Å². The number of benzene rings is 2. The van der Waals surface area contributed by atoms with Gasteiger partial charge in [-0.2, -0.15) is 0 Å². The third-order valence-corrected chi connectivity index (χ3v) is 5.98. The van der Waals surface area contributed by atoms with Crippen molar-refractivity contribution in [1.82, 2.24) is 0 Å². The zero-order valence-electron chi connectivity index (χ0n) is 19.9. The van der Waals surface area contributed by atoms with Gasteiger partial charge in [-0.25, -0.2) is 9.59 Å². The average Bonchev–Trinajstić information content (AvgIpc) is 3.48. The van der Waals surface area contributed by atoms with E-state index in [1.54, 1.807) is 6.08 Å². The van der Waals surface area contributed by atoms with Gasteiger partial charge in [0, 0.05) is 12.2 Å². The van der Waals surface area contributed by atoms with Crippen LogP contribution in [-0.2, 0) is 28.5 Å². The summed E-state index contributed by atoms with van der Waals surface area (Å²) in [6.45, 7) is 4.67. The molecule has 0 amide bonds. The van der Waals surface area contributed by atoms with Crippen LogP contribution in [0.15, 0.2) is 67.3 Å². The van der Waals surface area contributed by atoms with E-state index in [1.165, 1.54) is 6.08 Å². The summed E-state index contributed by atoms with van der Waals surface area (Å²) in [6.07, 6.45) is 3.69. The molecule has 0 spiro atoms. The Bertz CT molecular complexity index is 1060. The minimum atomic E-state index is -0.677. The number of unbranched alkanes of at least 4 members (excludes halogenated alkanes) is 1. The van der Waals surface area contributed by atoms with Gasteiger partial charge < -0.3 is 28.8 Å². The summed E-state index contributed by atoms with van der Waals surface area (Å²) >= 11 is 0. The van der Waals surface area contributed by atoms with Crippen LogP contribution in [0.25, 0.3) is 17.2 Å². The third-order valence-electron chi connectivity index (χ3n) is 5.98. The van der Waals surface area contributed by atoms with E-state index >= 15 is 0 Å². The van der Waals surface area contributed by atoms with Crippen molar-refractivity contribution in [3.63, 3.8) is 0 Å². The summed E-state index contributed by atoms with van der Waals surface area (Å²) in [5.41, 5.74) is 2.95. The second-order valence-electron chi connectivity index (χ2n) is 8.55. The standard InChI is InChI=1S/C28H30O8/c1-2-25(30)33-16-4-3-15-32-22-12-10-21(11-13-22)20-8-5-19(6-9-20)7-14-26(31)36-24-18-35-27-23(29)17-34-28(24)27/h2,5-14,23-24,27-29H,1,3-4,15-18H2/b14-7+/t23-,24+,27-,28-/m1/s1. The fourth-order valence-corrected chi connectivity index (χ4v) is 4.05. The molecule has 2 fully saturated rings. The maximum Gasteiger partial charge on any atom is 0.331 e. The molecule has 4 rings (SSSR count). The summed E-state index contributed by atoms with van der Waals surface area (Å²) in [6, 6.07) is 15.6. The van der Waals surface area contributed by atoms with E-state index in [0.717, 1.165) is 41.4 Å². The molecule has 0 bridgehead atoms. The Balaban J connectivity index is 1.21. The maximum absolute atomic E-state index is 12.2. The van der Waals surface area contributed by atoms with Crippen molar-refractivity contribution in [3.05, 3.63) is 72.8 Å². The Hall–Kier alpha value is -3.46. The molecule has 0 radical (unpaired) electrons. The lowest BCUT2D eigenvalue weighted by Gasteiger charge is -2.15. The van der Waals surface area contributed by atoms with Gasteiger partial charge in [-0.05, 0) is 47.7 Å². The van der Waals surface area contributed by atoms with Crippen LogP contribution in [-0.4, -0.2) is 67.9 Å². The molecule has 1 N–H and O–H groups in total. The van der Waals surface area contributed by atoms with Crippen molar-refractivity contribution in [2.45, 2.75) is 37.3 Å². The predicted octanol–water partition coefficient (Wildman–Crippen LogP) is 3.33. The van der Waals surface area contributed by atoms with Gasteiger partial charge in [0.05, 0.1) is 26.4 Å². The van der Waals surface area contributed by atoms with Gasteiger partial charge in [0.1, 0.15) is 24.1 Å². The van der Waals surface area contributed by atoms with Crippen molar-refractivity contribution < 1.29 is 38.4 Å². The molecule has 2 aromatic rings. The Kier molecular flexibility index (Phi) is 8.89. The highest BCUT2D eigenvalue weighted by Crippen LogP contribution is 2.29. The van der Waals surface area contributed by atoms with E-state index in [-0.39, 0.29) is 13.2 Å². The van der Waals surface area contributed by atoms with Gasteiger partial charge >= 0.3 is 11.9 Å². The number of aliphatic hydroxyl groups is 1. The summed E-state index contributed by atoms with van der Waals surface area (Å²) in [5.74, 6) is -0.115. The Morgan fingerprint density at radius 1 is 0.917 bits per heavy atom. The lowest BCUT2D eigenvalue weighted by molar-refractivity contribution is -0.147. The second kappa shape index (κ2) is 12.5. The molecule has 2 saturated heterocycles. The third kappa shape index (κ3) is 6.81. The molecule has 0 unspecified atom stereocenters. The highest BCUT2D eigenvalue weighted by Gasteiger charge is 2.48. The van der Waals surface area contributed by atoms with E-state index in [0.29, 0.717) is 13.2 Å². The van der Waals surface area contributed by atoms with Crippen molar-refractivity contribution in [2.24, 2.45) is 0 Å². The molecule has 2 aliphatic rings. The van der Waals surface area contributed by atoms with Crippen LogP contribution in [0, 0.1) is 0 Å². The van der Waals surface area contributed by atoms with Crippen LogP contribution < -0.4 is 4.74 Å². The van der Waals surface area contributed by atoms with Crippen LogP contribution in [0.5, 0.6) is 5.75 Å². The van der Waals surface area contributed by atoms with Crippen molar-refractivity contribution >= 4 is 18.0 Å². The van der Waals surface area contributed by atoms with Gasteiger partial charge in [0.25, 0.3) is 0 Å². The fraction of sp³-hybridized carbons (Fsp3) is 0.357. The minimum absolute atomic E-state index is 0.192. The smallest absolute Gasteiger partial charge is 0.331 e. The summed E-state index contributed by atoms with van der Waals surface area (Å²) < 4.78 is 27.0. The van der Waals surface area contributed by atoms with E-state index in [4.69, 9.17) is 23.7 Å². The SMILES string of the molecule is C=CC(=O)OCCCCOc1ccc(-c2ccc(/C=C/C(=O)O[C@H]3CO[C@H]4[C@@H]3OC[C@H]4O)cc2)cc1. The zero-order chi connectivity index (χ0) is 25.3. The topological polar surface area (TPSA) is 101 Å². The van der Waals surface area contributed by atoms with Crippen LogP contribution in [0.3, 0.4) is 0 Å². The highest BCUT2D eigenvalue weighted by molar-refractivity contribution is 5.87. The molecule has 4 atom stereocenters. The van der Waals surface area contributed by atoms with E-state index < -0.39 is 36.4 Å². The van der Waals surface area contributed by atoms with Gasteiger partial charge in [-0.15, -0.1) is 0 Å². The van der Waals surface area contributed by atoms with Crippen LogP contribution in [0.2, 0.25) is 0 Å². The molecule has 0 aromatic heterocycles. The Morgan fingerprint density at radius 3 is 2.31 bits per heavy atom. The zero-order valence-corrected chi connectivity index (χ0v) is 19.9. The molecule has 2 aromatic carbocycles. The lowest BCUT2D eigenvalue weighted by Crippen LogP contribution is -2.33. The molecule has 190 valence electrons. The first kappa shape index (κ1) is 25.6. The molecule has 2 heterocycles. The number of ether oxygens (including phenoxy) is 5. The average molecular weight is 495 g/mol. The normalized spacial score (nSPS) is 22.8. The Labute approximate surface area is 210 Å². The highest BCUT2D eigenvalue weighted by atomic mass is 16.6. The van der Waals surface area contributed by atoms with Crippen molar-refractivity contribution in [3.8, 4) is 16.9 Å². The van der Waals surface area contributed by atoms with Crippen LogP contribution in [0.4, 0.5) is 0 Å². The first-order chi connectivity index (χ1) is 17.5. The molecule has 0 saturated carbocycles. The lowest BCUT2D eigenvalue weighted by atomic mass is 10.0. The molecular weight excluding hydrogens is 464 g/mol. The summed E-state index contributed by atoms with van der Waals surface area (Å²) in [7, 11) is 0. The summed E-state index contributed by atoms with van der Waals surface area (Å²) in [5, 5.41) is 9.78. The van der Waals surface area contributed by atoms with Gasteiger partial charge in [0.15, 0.2) is 6.10 Å². The molecular formula is C28H30O8. The largest absolute Gasteiger partial charge is 0.494 e. The molecule has 2 aliphatic heterocycles. The monoisotopic (exact) mass is 494 g/mol. The number of hydrogen-bond acceptors (Lipinski definition) is 8. The minimum Gasteiger partial charge on any atom is -0.494 e. The Morgan fingerprint density at radius 2 is 1.58 bits per heavy atom. The first-order valence-electron chi connectivity index (χ1n) is 12.0. The van der Waals surface area contributed by atoms with E-state index in [2.05, 4.69) is 6.58 Å². The van der Waals surface area contributed by atoms with E-state index in [9.17, 15) is 14.7 Å². The van der Waals surface area contributed by atoms with Crippen molar-refractivity contribution in [1.29, 1.82) is 0 Å². The van der Waals surface area contributed by atoms with Gasteiger partial charge in [0.2, 0.25) is 0 Å². The summed E-state index contributed by atoms with van der Waals surface area (Å²) in [4.78, 5) is 23.2. The molecule has 0 aliphatic carbocycles. The molecule has 8 nitrogen and oxygen atoms in total. The van der Waals surface area contributed by atoms with Crippen LogP contribution in [0.1, 0.15) is 18.4 Å². The maximum atomic E-state index is 12.2. The first-order valence-corrected chi connectivity index (χ1v) is 12.0. The number of hydrogen-bond donors (Lipinski definition) is 1. The fourth-order valence-electron chi connectivity index (χ4n) is 4.05. The number of fused-ring (bicyclic) bond motifs is 1. The molecule has 36 heavy (non-hydrogen) atoms. The number of carbonyl (C=O) groups excluding carboxylic acids is 2. The number of carbonyl (C=O) groups is 2. The number of esters is 2. The van der Waals surface area contributed by atoms with Gasteiger partial charge in [-0.3, -0.25) is 0 Å². The molecule has 8 heteroatoms. The quantitative estimate of drug-likeness (QED) is 0.289. The van der Waals surface area contributed by atoms with Crippen molar-refractivity contribution in [2.75, 3.05) is 26.4 Å². The second-order valence-corrected chi connectivity index (χ2v) is 8.55. The van der Waals surface area contributed by atoms with Crippen LogP contribution >= 0.6 is 0 Å². The predicted molar refractivity (Wildman–Crippen MR) is 132 cm³/mol. The number of aliphatic hydroxyl groups excluding tert-OH is 1.